The van der Waals surface area contributed by atoms with Crippen LogP contribution in [0.25, 0.3) is 0 Å². The molecule has 0 spiro atoms. The minimum Gasteiger partial charge on any atom is -0.298 e. The molecule has 0 saturated heterocycles. The maximum atomic E-state index is 10.8. The minimum atomic E-state index is 0.183. The molecule has 0 saturated carbocycles. The van der Waals surface area contributed by atoms with Gasteiger partial charge in [0, 0.05) is 17.5 Å². The van der Waals surface area contributed by atoms with E-state index in [0.29, 0.717) is 5.56 Å². The van der Waals surface area contributed by atoms with E-state index in [9.17, 15) is 4.79 Å². The first kappa shape index (κ1) is 14.3. The standard InChI is InChI=1S/C17H20O/c1-4-17(2,3)13-9-5-6-10-15-11-7-8-12-16(15)14-18/h4,7-8,11-12,14H,1,5,9,13H2,2-3H3. The summed E-state index contributed by atoms with van der Waals surface area (Å²) in [5, 5.41) is 0. The topological polar surface area (TPSA) is 17.1 Å². The molecule has 0 aliphatic heterocycles. The zero-order valence-electron chi connectivity index (χ0n) is 11.2. The van der Waals surface area contributed by atoms with Gasteiger partial charge in [0.25, 0.3) is 0 Å². The highest BCUT2D eigenvalue weighted by atomic mass is 16.1. The van der Waals surface area contributed by atoms with Crippen LogP contribution in [0.5, 0.6) is 0 Å². The molecule has 1 rings (SSSR count). The molecule has 0 amide bonds. The first-order valence-corrected chi connectivity index (χ1v) is 6.26. The van der Waals surface area contributed by atoms with Crippen molar-refractivity contribution in [2.24, 2.45) is 5.41 Å². The highest BCUT2D eigenvalue weighted by molar-refractivity contribution is 5.79. The van der Waals surface area contributed by atoms with E-state index in [1.54, 1.807) is 6.07 Å². The van der Waals surface area contributed by atoms with Crippen LogP contribution in [-0.4, -0.2) is 6.29 Å². The maximum Gasteiger partial charge on any atom is 0.151 e. The van der Waals surface area contributed by atoms with Crippen LogP contribution in [0.15, 0.2) is 36.9 Å². The predicted molar refractivity (Wildman–Crippen MR) is 76.5 cm³/mol. The minimum absolute atomic E-state index is 0.183. The van der Waals surface area contributed by atoms with Gasteiger partial charge >= 0.3 is 0 Å². The number of benzene rings is 1. The Morgan fingerprint density at radius 3 is 2.72 bits per heavy atom. The summed E-state index contributed by atoms with van der Waals surface area (Å²) in [6.07, 6.45) is 5.83. The van der Waals surface area contributed by atoms with Crippen LogP contribution in [0.1, 0.15) is 49.0 Å². The molecule has 0 heterocycles. The molecule has 1 aromatic rings. The van der Waals surface area contributed by atoms with E-state index < -0.39 is 0 Å². The van der Waals surface area contributed by atoms with Crippen molar-refractivity contribution in [3.8, 4) is 11.8 Å². The van der Waals surface area contributed by atoms with Gasteiger partial charge in [0.2, 0.25) is 0 Å². The number of aldehydes is 1. The van der Waals surface area contributed by atoms with Crippen LogP contribution in [0.4, 0.5) is 0 Å². The van der Waals surface area contributed by atoms with Crippen molar-refractivity contribution in [1.29, 1.82) is 0 Å². The largest absolute Gasteiger partial charge is 0.298 e. The molecule has 0 atom stereocenters. The molecule has 0 bridgehead atoms. The summed E-state index contributed by atoms with van der Waals surface area (Å²) in [5.74, 6) is 6.19. The van der Waals surface area contributed by atoms with Gasteiger partial charge in [0.15, 0.2) is 6.29 Å². The zero-order chi connectivity index (χ0) is 13.4. The highest BCUT2D eigenvalue weighted by Gasteiger charge is 2.10. The SMILES string of the molecule is C=CC(C)(C)CCCC#Cc1ccccc1C=O. The second-order valence-corrected chi connectivity index (χ2v) is 5.05. The lowest BCUT2D eigenvalue weighted by molar-refractivity contribution is 0.112. The normalized spacial score (nSPS) is 10.3. The highest BCUT2D eigenvalue weighted by Crippen LogP contribution is 2.23. The lowest BCUT2D eigenvalue weighted by Crippen LogP contribution is -2.05. The Bertz CT molecular complexity index is 472. The van der Waals surface area contributed by atoms with Crippen molar-refractivity contribution >= 4 is 6.29 Å². The van der Waals surface area contributed by atoms with Gasteiger partial charge in [-0.1, -0.05) is 50.0 Å². The van der Waals surface area contributed by atoms with Crippen LogP contribution in [0.3, 0.4) is 0 Å². The van der Waals surface area contributed by atoms with E-state index in [1.807, 2.05) is 24.3 Å². The monoisotopic (exact) mass is 240 g/mol. The molecule has 1 nitrogen and oxygen atoms in total. The van der Waals surface area contributed by atoms with E-state index >= 15 is 0 Å². The lowest BCUT2D eigenvalue weighted by Gasteiger charge is -2.18. The van der Waals surface area contributed by atoms with Crippen LogP contribution >= 0.6 is 0 Å². The Hall–Kier alpha value is -1.81. The van der Waals surface area contributed by atoms with Gasteiger partial charge in [-0.05, 0) is 24.3 Å². The predicted octanol–water partition coefficient (Wildman–Crippen LogP) is 4.23. The third-order valence-corrected chi connectivity index (χ3v) is 2.99. The Morgan fingerprint density at radius 1 is 1.33 bits per heavy atom. The Morgan fingerprint density at radius 2 is 2.06 bits per heavy atom. The van der Waals surface area contributed by atoms with Crippen molar-refractivity contribution in [1.82, 2.24) is 0 Å². The Balaban J connectivity index is 2.52. The van der Waals surface area contributed by atoms with Crippen molar-refractivity contribution in [2.45, 2.75) is 33.1 Å². The number of allylic oxidation sites excluding steroid dienone is 1. The number of rotatable bonds is 5. The van der Waals surface area contributed by atoms with Crippen molar-refractivity contribution in [3.05, 3.63) is 48.0 Å². The van der Waals surface area contributed by atoms with Gasteiger partial charge < -0.3 is 0 Å². The molecular weight excluding hydrogens is 220 g/mol. The Labute approximate surface area is 110 Å². The fourth-order valence-corrected chi connectivity index (χ4v) is 1.61. The third kappa shape index (κ3) is 4.59. The number of hydrogen-bond acceptors (Lipinski definition) is 1. The van der Waals surface area contributed by atoms with Crippen molar-refractivity contribution in [2.75, 3.05) is 0 Å². The summed E-state index contributed by atoms with van der Waals surface area (Å²) < 4.78 is 0. The quantitative estimate of drug-likeness (QED) is 0.326. The summed E-state index contributed by atoms with van der Waals surface area (Å²) in [7, 11) is 0. The van der Waals surface area contributed by atoms with Crippen molar-refractivity contribution < 1.29 is 4.79 Å². The molecule has 0 N–H and O–H groups in total. The smallest absolute Gasteiger partial charge is 0.151 e. The van der Waals surface area contributed by atoms with Crippen LogP contribution < -0.4 is 0 Å². The zero-order valence-corrected chi connectivity index (χ0v) is 11.2. The second kappa shape index (κ2) is 6.81. The molecule has 1 aromatic carbocycles. The maximum absolute atomic E-state index is 10.8. The summed E-state index contributed by atoms with van der Waals surface area (Å²) in [6.45, 7) is 8.18. The van der Waals surface area contributed by atoms with Crippen molar-refractivity contribution in [3.63, 3.8) is 0 Å². The summed E-state index contributed by atoms with van der Waals surface area (Å²) in [6, 6.07) is 7.42. The second-order valence-electron chi connectivity index (χ2n) is 5.05. The van der Waals surface area contributed by atoms with Crippen LogP contribution in [-0.2, 0) is 0 Å². The number of unbranched alkanes of at least 4 members (excludes halogenated alkanes) is 1. The average Bonchev–Trinajstić information content (AvgIpc) is 2.38. The molecule has 0 aliphatic carbocycles. The number of carbonyl (C=O) groups excluding carboxylic acids is 1. The molecule has 94 valence electrons. The van der Waals surface area contributed by atoms with Gasteiger partial charge in [0.1, 0.15) is 0 Å². The summed E-state index contributed by atoms with van der Waals surface area (Å²) >= 11 is 0. The summed E-state index contributed by atoms with van der Waals surface area (Å²) in [5.41, 5.74) is 1.66. The van der Waals surface area contributed by atoms with Crippen LogP contribution in [0, 0.1) is 17.3 Å². The molecular formula is C17H20O. The van der Waals surface area contributed by atoms with E-state index in [0.717, 1.165) is 31.1 Å². The van der Waals surface area contributed by atoms with Gasteiger partial charge in [-0.25, -0.2) is 0 Å². The fourth-order valence-electron chi connectivity index (χ4n) is 1.61. The molecule has 1 heteroatoms. The molecule has 0 aliphatic rings. The van der Waals surface area contributed by atoms with E-state index in [4.69, 9.17) is 0 Å². The Kier molecular flexibility index (Phi) is 5.39. The van der Waals surface area contributed by atoms with Gasteiger partial charge in [0.05, 0.1) is 0 Å². The average molecular weight is 240 g/mol. The van der Waals surface area contributed by atoms with Gasteiger partial charge in [-0.3, -0.25) is 4.79 Å². The van der Waals surface area contributed by atoms with E-state index in [2.05, 4.69) is 32.3 Å². The summed E-state index contributed by atoms with van der Waals surface area (Å²) in [4.78, 5) is 10.8. The molecule has 0 fully saturated rings. The number of carbonyl (C=O) groups is 1. The lowest BCUT2D eigenvalue weighted by atomic mass is 9.87. The molecule has 0 aromatic heterocycles. The van der Waals surface area contributed by atoms with E-state index in [-0.39, 0.29) is 5.41 Å². The first-order valence-electron chi connectivity index (χ1n) is 6.26. The number of hydrogen-bond donors (Lipinski definition) is 0. The third-order valence-electron chi connectivity index (χ3n) is 2.99. The molecule has 0 radical (unpaired) electrons. The van der Waals surface area contributed by atoms with Gasteiger partial charge in [-0.2, -0.15) is 0 Å². The van der Waals surface area contributed by atoms with Crippen LogP contribution in [0.2, 0.25) is 0 Å². The van der Waals surface area contributed by atoms with Gasteiger partial charge in [-0.15, -0.1) is 6.58 Å². The first-order chi connectivity index (χ1) is 8.59. The fraction of sp³-hybridized carbons (Fsp3) is 0.353. The molecule has 0 unspecified atom stereocenters. The van der Waals surface area contributed by atoms with E-state index in [1.165, 1.54) is 0 Å². The molecule has 18 heavy (non-hydrogen) atoms.